The van der Waals surface area contributed by atoms with Gasteiger partial charge in [0.1, 0.15) is 19.8 Å². The molecular weight excluding hydrogens is 701 g/mol. The number of unbranched alkanes of at least 4 members (excludes halogenated alkanes) is 22. The third kappa shape index (κ3) is 40.2. The first kappa shape index (κ1) is 52.5. The molecule has 0 radical (unpaired) electrons. The molecule has 0 aliphatic carbocycles. The van der Waals surface area contributed by atoms with Gasteiger partial charge in [-0.25, -0.2) is 4.57 Å². The second-order valence-electron chi connectivity index (χ2n) is 16.1. The van der Waals surface area contributed by atoms with Crippen molar-refractivity contribution in [1.82, 2.24) is 0 Å². The zero-order chi connectivity index (χ0) is 40.0. The first-order valence-corrected chi connectivity index (χ1v) is 23.6. The number of quaternary nitrogens is 1. The van der Waals surface area contributed by atoms with E-state index in [0.717, 1.165) is 64.2 Å². The summed E-state index contributed by atoms with van der Waals surface area (Å²) in [6, 6.07) is 0. The van der Waals surface area contributed by atoms with Crippen LogP contribution in [0.5, 0.6) is 0 Å². The third-order valence-electron chi connectivity index (χ3n) is 9.45. The second-order valence-corrected chi connectivity index (χ2v) is 17.5. The van der Waals surface area contributed by atoms with Crippen LogP contribution in [-0.4, -0.2) is 74.9 Å². The fourth-order valence-corrected chi connectivity index (χ4v) is 6.69. The van der Waals surface area contributed by atoms with Crippen LogP contribution in [0, 0.1) is 0 Å². The molecule has 0 aliphatic rings. The van der Waals surface area contributed by atoms with Gasteiger partial charge in [0.15, 0.2) is 6.10 Å². The Balaban J connectivity index is 4.34. The summed E-state index contributed by atoms with van der Waals surface area (Å²) in [5.41, 5.74) is 0. The van der Waals surface area contributed by atoms with Crippen LogP contribution in [0.4, 0.5) is 0 Å². The Kier molecular flexibility index (Phi) is 36.1. The maximum Gasteiger partial charge on any atom is 0.472 e. The summed E-state index contributed by atoms with van der Waals surface area (Å²) in [6.07, 6.45) is 39.3. The van der Waals surface area contributed by atoms with Gasteiger partial charge >= 0.3 is 19.8 Å². The van der Waals surface area contributed by atoms with Crippen molar-refractivity contribution >= 4 is 19.8 Å². The summed E-state index contributed by atoms with van der Waals surface area (Å²) in [4.78, 5) is 35.3. The fourth-order valence-electron chi connectivity index (χ4n) is 5.94. The Morgan fingerprint density at radius 3 is 1.41 bits per heavy atom. The van der Waals surface area contributed by atoms with Gasteiger partial charge in [-0.15, -0.1) is 0 Å². The van der Waals surface area contributed by atoms with Gasteiger partial charge in [0, 0.05) is 12.8 Å². The standard InChI is InChI=1S/C44H84NO8P/c1-6-8-10-12-14-16-18-20-21-22-23-24-25-27-29-31-33-35-37-44(47)53-42(41-52-54(48,49)51-39-38-45(3,4)5)40-50-43(46)36-34-32-30-28-26-19-17-15-13-11-9-7-2/h15,17,21-22,42H,6-14,16,18-20,23-41H2,1-5H3/p+1/b17-15-,22-21-. The molecule has 0 spiro atoms. The summed E-state index contributed by atoms with van der Waals surface area (Å²) in [7, 11) is 1.47. The number of rotatable bonds is 40. The van der Waals surface area contributed by atoms with Crippen LogP contribution in [0.15, 0.2) is 24.3 Å². The van der Waals surface area contributed by atoms with Crippen molar-refractivity contribution in [3.05, 3.63) is 24.3 Å². The zero-order valence-electron chi connectivity index (χ0n) is 35.7. The van der Waals surface area contributed by atoms with Gasteiger partial charge < -0.3 is 18.9 Å². The van der Waals surface area contributed by atoms with Crippen molar-refractivity contribution in [3.8, 4) is 0 Å². The number of esters is 2. The Bertz CT molecular complexity index is 980. The number of carbonyl (C=O) groups excluding carboxylic acids is 2. The molecule has 0 heterocycles. The summed E-state index contributed by atoms with van der Waals surface area (Å²) in [5, 5.41) is 0. The van der Waals surface area contributed by atoms with Gasteiger partial charge in [0.05, 0.1) is 27.7 Å². The fraction of sp³-hybridized carbons (Fsp3) is 0.864. The molecular formula is C44H85NO8P+. The van der Waals surface area contributed by atoms with Crippen molar-refractivity contribution in [2.45, 2.75) is 200 Å². The lowest BCUT2D eigenvalue weighted by atomic mass is 10.1. The SMILES string of the molecule is CCCCC/C=C\CCCCCCCC(=O)OCC(COP(=O)(O)OCC[N+](C)(C)C)OC(=O)CCCCCCCCC/C=C\CCCCCCCCC. The summed E-state index contributed by atoms with van der Waals surface area (Å²) in [6.45, 7) is 4.39. The van der Waals surface area contributed by atoms with E-state index < -0.39 is 26.5 Å². The Hall–Kier alpha value is -1.51. The third-order valence-corrected chi connectivity index (χ3v) is 10.4. The second kappa shape index (κ2) is 37.1. The average Bonchev–Trinajstić information content (AvgIpc) is 3.12. The molecule has 0 rings (SSSR count). The van der Waals surface area contributed by atoms with E-state index in [9.17, 15) is 19.0 Å². The highest BCUT2D eigenvalue weighted by atomic mass is 31.2. The van der Waals surface area contributed by atoms with E-state index >= 15 is 0 Å². The van der Waals surface area contributed by atoms with E-state index in [2.05, 4.69) is 38.2 Å². The Labute approximate surface area is 332 Å². The minimum atomic E-state index is -4.37. The van der Waals surface area contributed by atoms with Gasteiger partial charge in [-0.1, -0.05) is 141 Å². The van der Waals surface area contributed by atoms with Crippen molar-refractivity contribution < 1.29 is 42.1 Å². The predicted octanol–water partition coefficient (Wildman–Crippen LogP) is 12.4. The van der Waals surface area contributed by atoms with E-state index in [0.29, 0.717) is 17.4 Å². The number of phosphoric ester groups is 1. The van der Waals surface area contributed by atoms with Crippen molar-refractivity contribution in [2.24, 2.45) is 0 Å². The topological polar surface area (TPSA) is 108 Å². The van der Waals surface area contributed by atoms with Crippen molar-refractivity contribution in [3.63, 3.8) is 0 Å². The Morgan fingerprint density at radius 1 is 0.556 bits per heavy atom. The molecule has 1 N–H and O–H groups in total. The maximum absolute atomic E-state index is 12.7. The van der Waals surface area contributed by atoms with E-state index in [1.54, 1.807) is 0 Å². The van der Waals surface area contributed by atoms with Gasteiger partial charge in [-0.05, 0) is 64.2 Å². The molecule has 0 aromatic carbocycles. The van der Waals surface area contributed by atoms with Gasteiger partial charge in [0.25, 0.3) is 0 Å². The molecule has 0 aromatic heterocycles. The summed E-state index contributed by atoms with van der Waals surface area (Å²) >= 11 is 0. The summed E-state index contributed by atoms with van der Waals surface area (Å²) < 4.78 is 34.3. The van der Waals surface area contributed by atoms with E-state index in [4.69, 9.17) is 18.5 Å². The van der Waals surface area contributed by atoms with Gasteiger partial charge in [-0.3, -0.25) is 18.6 Å². The highest BCUT2D eigenvalue weighted by molar-refractivity contribution is 7.47. The molecule has 0 saturated heterocycles. The molecule has 0 saturated carbocycles. The van der Waals surface area contributed by atoms with Crippen molar-refractivity contribution in [2.75, 3.05) is 47.5 Å². The Morgan fingerprint density at radius 2 is 0.944 bits per heavy atom. The molecule has 54 heavy (non-hydrogen) atoms. The lowest BCUT2D eigenvalue weighted by Crippen LogP contribution is -2.37. The molecule has 0 aromatic rings. The van der Waals surface area contributed by atoms with Crippen LogP contribution < -0.4 is 0 Å². The number of carbonyl (C=O) groups is 2. The predicted molar refractivity (Wildman–Crippen MR) is 224 cm³/mol. The minimum Gasteiger partial charge on any atom is -0.462 e. The molecule has 9 nitrogen and oxygen atoms in total. The van der Waals surface area contributed by atoms with Crippen LogP contribution in [0.1, 0.15) is 194 Å². The molecule has 0 fully saturated rings. The highest BCUT2D eigenvalue weighted by Gasteiger charge is 2.27. The smallest absolute Gasteiger partial charge is 0.462 e. The lowest BCUT2D eigenvalue weighted by Gasteiger charge is -2.24. The molecule has 0 bridgehead atoms. The maximum atomic E-state index is 12.7. The number of ether oxygens (including phenoxy) is 2. The quantitative estimate of drug-likeness (QED) is 0.0215. The summed E-state index contributed by atoms with van der Waals surface area (Å²) in [5.74, 6) is -0.811. The van der Waals surface area contributed by atoms with E-state index in [1.807, 2.05) is 21.1 Å². The first-order chi connectivity index (χ1) is 26.0. The molecule has 318 valence electrons. The molecule has 2 unspecified atom stereocenters. The number of likely N-dealkylation sites (N-methyl/N-ethyl adjacent to an activating group) is 1. The molecule has 0 amide bonds. The van der Waals surface area contributed by atoms with Crippen LogP contribution in [0.25, 0.3) is 0 Å². The zero-order valence-corrected chi connectivity index (χ0v) is 36.6. The molecule has 10 heteroatoms. The molecule has 0 aliphatic heterocycles. The number of phosphoric acid groups is 1. The minimum absolute atomic E-state index is 0.0306. The van der Waals surface area contributed by atoms with Crippen LogP contribution in [0.3, 0.4) is 0 Å². The molecule has 2 atom stereocenters. The van der Waals surface area contributed by atoms with Crippen LogP contribution in [0.2, 0.25) is 0 Å². The number of hydrogen-bond donors (Lipinski definition) is 1. The number of allylic oxidation sites excluding steroid dienone is 4. The van der Waals surface area contributed by atoms with Gasteiger partial charge in [0.2, 0.25) is 0 Å². The van der Waals surface area contributed by atoms with Gasteiger partial charge in [-0.2, -0.15) is 0 Å². The van der Waals surface area contributed by atoms with Crippen molar-refractivity contribution in [1.29, 1.82) is 0 Å². The highest BCUT2D eigenvalue weighted by Crippen LogP contribution is 2.43. The largest absolute Gasteiger partial charge is 0.472 e. The monoisotopic (exact) mass is 787 g/mol. The lowest BCUT2D eigenvalue weighted by molar-refractivity contribution is -0.870. The number of nitrogens with zero attached hydrogens (tertiary/aromatic N) is 1. The number of hydrogen-bond acceptors (Lipinski definition) is 7. The van der Waals surface area contributed by atoms with E-state index in [-0.39, 0.29) is 32.0 Å². The van der Waals surface area contributed by atoms with Crippen LogP contribution in [-0.2, 0) is 32.7 Å². The average molecular weight is 787 g/mol. The van der Waals surface area contributed by atoms with Crippen LogP contribution >= 0.6 is 7.82 Å². The normalized spacial score (nSPS) is 13.8. The van der Waals surface area contributed by atoms with E-state index in [1.165, 1.54) is 96.3 Å². The first-order valence-electron chi connectivity index (χ1n) is 22.1.